The van der Waals surface area contributed by atoms with Crippen LogP contribution in [0.3, 0.4) is 0 Å². The lowest BCUT2D eigenvalue weighted by atomic mass is 9.99. The lowest BCUT2D eigenvalue weighted by Gasteiger charge is -2.29. The smallest absolute Gasteiger partial charge is 0.273 e. The Kier molecular flexibility index (Phi) is 3.14. The Morgan fingerprint density at radius 1 is 1.30 bits per heavy atom. The van der Waals surface area contributed by atoms with Gasteiger partial charge in [-0.05, 0) is 48.2 Å². The minimum Gasteiger partial charge on any atom is -0.508 e. The molecule has 4 heteroatoms. The number of carbonyl (C=O) groups is 1. The Morgan fingerprint density at radius 2 is 2.15 bits per heavy atom. The van der Waals surface area contributed by atoms with Gasteiger partial charge in [0, 0.05) is 19.3 Å². The van der Waals surface area contributed by atoms with E-state index in [9.17, 15) is 9.90 Å². The summed E-state index contributed by atoms with van der Waals surface area (Å²) in [4.78, 5) is 18.5. The third-order valence-electron chi connectivity index (χ3n) is 3.70. The lowest BCUT2D eigenvalue weighted by Crippen LogP contribution is -2.36. The topological polar surface area (TPSA) is 53.4 Å². The second kappa shape index (κ2) is 4.96. The molecule has 1 aliphatic heterocycles. The van der Waals surface area contributed by atoms with Gasteiger partial charge < -0.3 is 10.0 Å². The summed E-state index contributed by atoms with van der Waals surface area (Å²) in [5.74, 6) is 0.198. The second-order valence-electron chi connectivity index (χ2n) is 5.10. The summed E-state index contributed by atoms with van der Waals surface area (Å²) in [6.07, 6.45) is 2.46. The Balaban J connectivity index is 1.87. The average molecular weight is 268 g/mol. The molecule has 0 spiro atoms. The number of nitrogens with zero attached hydrogens (tertiary/aromatic N) is 2. The van der Waals surface area contributed by atoms with Gasteiger partial charge in [0.25, 0.3) is 5.91 Å². The highest BCUT2D eigenvalue weighted by molar-refractivity contribution is 5.93. The van der Waals surface area contributed by atoms with Crippen molar-refractivity contribution in [3.05, 3.63) is 58.9 Å². The molecule has 0 atom stereocenters. The summed E-state index contributed by atoms with van der Waals surface area (Å²) >= 11 is 0. The van der Waals surface area contributed by atoms with E-state index in [1.807, 2.05) is 25.1 Å². The van der Waals surface area contributed by atoms with Crippen molar-refractivity contribution in [1.82, 2.24) is 9.88 Å². The molecule has 3 rings (SSSR count). The number of rotatable bonds is 1. The van der Waals surface area contributed by atoms with E-state index in [1.165, 1.54) is 5.56 Å². The van der Waals surface area contributed by atoms with Crippen LogP contribution in [0.25, 0.3) is 0 Å². The number of hydrogen-bond acceptors (Lipinski definition) is 3. The normalized spacial score (nSPS) is 13.9. The molecule has 1 aromatic heterocycles. The standard InChI is InChI=1S/C16H16N2O2/c1-11-3-2-7-17-15(11)16(20)18-8-6-12-4-5-14(19)9-13(12)10-18/h2-5,7,9,19H,6,8,10H2,1H3. The highest BCUT2D eigenvalue weighted by atomic mass is 16.3. The van der Waals surface area contributed by atoms with E-state index in [0.717, 1.165) is 17.5 Å². The Labute approximate surface area is 117 Å². The summed E-state index contributed by atoms with van der Waals surface area (Å²) < 4.78 is 0. The number of hydrogen-bond donors (Lipinski definition) is 1. The molecule has 0 unspecified atom stereocenters. The van der Waals surface area contributed by atoms with E-state index >= 15 is 0 Å². The van der Waals surface area contributed by atoms with Crippen molar-refractivity contribution in [2.45, 2.75) is 19.9 Å². The maximum atomic E-state index is 12.5. The molecule has 1 aliphatic rings. The van der Waals surface area contributed by atoms with Gasteiger partial charge in [-0.25, -0.2) is 0 Å². The SMILES string of the molecule is Cc1cccnc1C(=O)N1CCc2ccc(O)cc2C1. The molecule has 1 aromatic carbocycles. The van der Waals surface area contributed by atoms with Crippen molar-refractivity contribution in [3.63, 3.8) is 0 Å². The van der Waals surface area contributed by atoms with Crippen LogP contribution in [0.1, 0.15) is 27.2 Å². The van der Waals surface area contributed by atoms with Crippen LogP contribution in [0.5, 0.6) is 5.75 Å². The average Bonchev–Trinajstić information content (AvgIpc) is 2.46. The fourth-order valence-corrected chi connectivity index (χ4v) is 2.58. The summed E-state index contributed by atoms with van der Waals surface area (Å²) in [7, 11) is 0. The molecule has 4 nitrogen and oxygen atoms in total. The molecular weight excluding hydrogens is 252 g/mol. The maximum absolute atomic E-state index is 12.5. The van der Waals surface area contributed by atoms with E-state index in [2.05, 4.69) is 4.98 Å². The summed E-state index contributed by atoms with van der Waals surface area (Å²) in [5, 5.41) is 9.56. The fourth-order valence-electron chi connectivity index (χ4n) is 2.58. The number of carbonyl (C=O) groups excluding carboxylic acids is 1. The van der Waals surface area contributed by atoms with Gasteiger partial charge in [0.05, 0.1) is 0 Å². The zero-order valence-corrected chi connectivity index (χ0v) is 11.3. The van der Waals surface area contributed by atoms with Crippen molar-refractivity contribution in [3.8, 4) is 5.75 Å². The predicted molar refractivity (Wildman–Crippen MR) is 75.5 cm³/mol. The van der Waals surface area contributed by atoms with Crippen LogP contribution in [0, 0.1) is 6.92 Å². The second-order valence-corrected chi connectivity index (χ2v) is 5.10. The highest BCUT2D eigenvalue weighted by Crippen LogP contribution is 2.24. The molecule has 20 heavy (non-hydrogen) atoms. The van der Waals surface area contributed by atoms with E-state index < -0.39 is 0 Å². The number of benzene rings is 1. The largest absolute Gasteiger partial charge is 0.508 e. The Morgan fingerprint density at radius 3 is 2.95 bits per heavy atom. The van der Waals surface area contributed by atoms with Crippen LogP contribution >= 0.6 is 0 Å². The molecule has 2 aromatic rings. The third-order valence-corrected chi connectivity index (χ3v) is 3.70. The van der Waals surface area contributed by atoms with Crippen molar-refractivity contribution < 1.29 is 9.90 Å². The molecule has 0 aliphatic carbocycles. The summed E-state index contributed by atoms with van der Waals surface area (Å²) in [5.41, 5.74) is 3.61. The molecule has 102 valence electrons. The minimum atomic E-state index is -0.0444. The Hall–Kier alpha value is -2.36. The molecule has 1 N–H and O–H groups in total. The molecule has 0 saturated carbocycles. The first-order chi connectivity index (χ1) is 9.65. The van der Waals surface area contributed by atoms with Crippen LogP contribution in [-0.2, 0) is 13.0 Å². The van der Waals surface area contributed by atoms with Gasteiger partial charge in [-0.2, -0.15) is 0 Å². The zero-order valence-electron chi connectivity index (χ0n) is 11.3. The van der Waals surface area contributed by atoms with Gasteiger partial charge >= 0.3 is 0 Å². The minimum absolute atomic E-state index is 0.0444. The van der Waals surface area contributed by atoms with Gasteiger partial charge in [0.1, 0.15) is 11.4 Å². The van der Waals surface area contributed by atoms with E-state index in [-0.39, 0.29) is 11.7 Å². The van der Waals surface area contributed by atoms with Gasteiger partial charge in [-0.15, -0.1) is 0 Å². The number of aryl methyl sites for hydroxylation is 1. The number of phenols is 1. The van der Waals surface area contributed by atoms with Gasteiger partial charge in [0.15, 0.2) is 0 Å². The van der Waals surface area contributed by atoms with Crippen molar-refractivity contribution in [2.75, 3.05) is 6.54 Å². The van der Waals surface area contributed by atoms with Crippen molar-refractivity contribution in [2.24, 2.45) is 0 Å². The number of fused-ring (bicyclic) bond motifs is 1. The fraction of sp³-hybridized carbons (Fsp3) is 0.250. The first-order valence-electron chi connectivity index (χ1n) is 6.67. The number of amides is 1. The molecule has 2 heterocycles. The quantitative estimate of drug-likeness (QED) is 0.863. The molecule has 0 fully saturated rings. The molecule has 0 saturated heterocycles. The summed E-state index contributed by atoms with van der Waals surface area (Å²) in [6, 6.07) is 9.08. The van der Waals surface area contributed by atoms with E-state index in [0.29, 0.717) is 18.8 Å². The van der Waals surface area contributed by atoms with Gasteiger partial charge in [0.2, 0.25) is 0 Å². The molecule has 0 radical (unpaired) electrons. The van der Waals surface area contributed by atoms with Gasteiger partial charge in [-0.1, -0.05) is 12.1 Å². The predicted octanol–water partition coefficient (Wildman–Crippen LogP) is 2.29. The zero-order chi connectivity index (χ0) is 14.1. The Bertz CT molecular complexity index is 667. The first kappa shape index (κ1) is 12.7. The van der Waals surface area contributed by atoms with E-state index in [1.54, 1.807) is 23.2 Å². The number of aromatic hydroxyl groups is 1. The van der Waals surface area contributed by atoms with E-state index in [4.69, 9.17) is 0 Å². The van der Waals surface area contributed by atoms with Crippen LogP contribution in [0.2, 0.25) is 0 Å². The number of aromatic nitrogens is 1. The third kappa shape index (κ3) is 2.25. The molecular formula is C16H16N2O2. The van der Waals surface area contributed by atoms with Crippen LogP contribution in [0.4, 0.5) is 0 Å². The van der Waals surface area contributed by atoms with Crippen LogP contribution in [-0.4, -0.2) is 27.4 Å². The number of pyridine rings is 1. The van der Waals surface area contributed by atoms with Crippen LogP contribution in [0.15, 0.2) is 36.5 Å². The van der Waals surface area contributed by atoms with Crippen molar-refractivity contribution in [1.29, 1.82) is 0 Å². The molecule has 1 amide bonds. The van der Waals surface area contributed by atoms with Gasteiger partial charge in [-0.3, -0.25) is 9.78 Å². The number of phenolic OH excluding ortho intramolecular Hbond substituents is 1. The first-order valence-corrected chi connectivity index (χ1v) is 6.67. The highest BCUT2D eigenvalue weighted by Gasteiger charge is 2.23. The lowest BCUT2D eigenvalue weighted by molar-refractivity contribution is 0.0727. The monoisotopic (exact) mass is 268 g/mol. The van der Waals surface area contributed by atoms with Crippen LogP contribution < -0.4 is 0 Å². The maximum Gasteiger partial charge on any atom is 0.273 e. The van der Waals surface area contributed by atoms with Crippen molar-refractivity contribution >= 4 is 5.91 Å². The molecule has 0 bridgehead atoms. The summed E-state index contributed by atoms with van der Waals surface area (Å²) in [6.45, 7) is 3.11.